The van der Waals surface area contributed by atoms with Crippen molar-refractivity contribution in [1.82, 2.24) is 0 Å². The molecule has 104 valence electrons. The summed E-state index contributed by atoms with van der Waals surface area (Å²) in [6, 6.07) is 0. The Morgan fingerprint density at radius 3 is 2.79 bits per heavy atom. The van der Waals surface area contributed by atoms with Crippen LogP contribution in [-0.2, 0) is 9.53 Å². The zero-order valence-corrected chi connectivity index (χ0v) is 11.3. The maximum absolute atomic E-state index is 11.8. The number of hydrogen-bond acceptors (Lipinski definition) is 4. The van der Waals surface area contributed by atoms with Gasteiger partial charge in [-0.1, -0.05) is 19.6 Å². The average Bonchev–Trinajstić information content (AvgIpc) is 2.69. The number of rotatable bonds is 0. The normalized spacial score (nSPS) is 52.6. The fraction of sp³-hybridized carbons (Fsp3) is 0.667. The van der Waals surface area contributed by atoms with Gasteiger partial charge in [-0.2, -0.15) is 0 Å². The fourth-order valence-electron chi connectivity index (χ4n) is 3.93. The summed E-state index contributed by atoms with van der Waals surface area (Å²) in [6.07, 6.45) is 4.17. The summed E-state index contributed by atoms with van der Waals surface area (Å²) in [4.78, 5) is 11.8. The number of fused-ring (bicyclic) bond motifs is 3. The Balaban J connectivity index is 2.08. The lowest BCUT2D eigenvalue weighted by Crippen LogP contribution is -2.51. The average molecular weight is 264 g/mol. The van der Waals surface area contributed by atoms with E-state index in [9.17, 15) is 15.0 Å². The predicted octanol–water partition coefficient (Wildman–Crippen LogP) is 1.18. The summed E-state index contributed by atoms with van der Waals surface area (Å²) in [7, 11) is 0. The maximum Gasteiger partial charge on any atom is 0.309 e. The smallest absolute Gasteiger partial charge is 0.309 e. The first-order chi connectivity index (χ1) is 8.77. The van der Waals surface area contributed by atoms with Gasteiger partial charge in [0.05, 0.1) is 17.4 Å². The highest BCUT2D eigenvalue weighted by Gasteiger charge is 2.61. The highest BCUT2D eigenvalue weighted by atomic mass is 16.6. The fourth-order valence-corrected chi connectivity index (χ4v) is 3.93. The van der Waals surface area contributed by atoms with Crippen LogP contribution >= 0.6 is 0 Å². The molecule has 0 bridgehead atoms. The highest BCUT2D eigenvalue weighted by molar-refractivity contribution is 5.75. The van der Waals surface area contributed by atoms with E-state index >= 15 is 0 Å². The molecule has 0 amide bonds. The minimum absolute atomic E-state index is 0.0367. The van der Waals surface area contributed by atoms with Crippen LogP contribution in [0.3, 0.4) is 0 Å². The van der Waals surface area contributed by atoms with Crippen LogP contribution in [0.15, 0.2) is 24.3 Å². The van der Waals surface area contributed by atoms with E-state index in [2.05, 4.69) is 6.58 Å². The first-order valence-electron chi connectivity index (χ1n) is 6.81. The Hall–Kier alpha value is -1.13. The molecule has 6 unspecified atom stereocenters. The first kappa shape index (κ1) is 12.9. The summed E-state index contributed by atoms with van der Waals surface area (Å²) in [5.74, 6) is -0.937. The van der Waals surface area contributed by atoms with Gasteiger partial charge in [0.25, 0.3) is 0 Å². The third-order valence-electron chi connectivity index (χ3n) is 5.14. The van der Waals surface area contributed by atoms with E-state index in [4.69, 9.17) is 4.74 Å². The van der Waals surface area contributed by atoms with Crippen molar-refractivity contribution in [3.63, 3.8) is 0 Å². The number of hydrogen-bond donors (Lipinski definition) is 2. The molecule has 1 heterocycles. The van der Waals surface area contributed by atoms with Gasteiger partial charge in [-0.3, -0.25) is 4.79 Å². The lowest BCUT2D eigenvalue weighted by Gasteiger charge is -2.39. The van der Waals surface area contributed by atoms with E-state index in [0.29, 0.717) is 12.0 Å². The van der Waals surface area contributed by atoms with Crippen molar-refractivity contribution in [1.29, 1.82) is 0 Å². The van der Waals surface area contributed by atoms with Crippen molar-refractivity contribution in [2.45, 2.75) is 44.0 Å². The molecule has 3 rings (SSSR count). The van der Waals surface area contributed by atoms with E-state index < -0.39 is 23.2 Å². The van der Waals surface area contributed by atoms with Crippen LogP contribution < -0.4 is 0 Å². The molecule has 2 N–H and O–H groups in total. The Labute approximate surface area is 112 Å². The monoisotopic (exact) mass is 264 g/mol. The molecule has 6 atom stereocenters. The van der Waals surface area contributed by atoms with E-state index in [1.54, 1.807) is 19.1 Å². The Bertz CT molecular complexity index is 479. The zero-order chi connectivity index (χ0) is 14.0. The molecule has 1 aliphatic heterocycles. The second-order valence-electron chi connectivity index (χ2n) is 6.36. The van der Waals surface area contributed by atoms with Crippen LogP contribution in [0.25, 0.3) is 0 Å². The van der Waals surface area contributed by atoms with Gasteiger partial charge in [-0.15, -0.1) is 0 Å². The molecule has 0 radical (unpaired) electrons. The lowest BCUT2D eigenvalue weighted by atomic mass is 9.73. The molecular formula is C15H20O4. The SMILES string of the molecule is C=C1CCC2C(C)C(=O)OC2C2C(C)(O)C=CC12O. The molecule has 4 nitrogen and oxygen atoms in total. The molecule has 1 saturated carbocycles. The number of carbonyl (C=O) groups is 1. The van der Waals surface area contributed by atoms with Gasteiger partial charge in [0, 0.05) is 5.92 Å². The second kappa shape index (κ2) is 3.70. The van der Waals surface area contributed by atoms with Gasteiger partial charge in [0.1, 0.15) is 11.7 Å². The molecule has 0 aromatic carbocycles. The van der Waals surface area contributed by atoms with Crippen LogP contribution in [0.4, 0.5) is 0 Å². The minimum atomic E-state index is -1.27. The molecule has 2 fully saturated rings. The molecule has 1 saturated heterocycles. The van der Waals surface area contributed by atoms with Crippen LogP contribution in [-0.4, -0.2) is 33.5 Å². The van der Waals surface area contributed by atoms with Gasteiger partial charge in [-0.05, 0) is 31.4 Å². The molecule has 0 aromatic heterocycles. The second-order valence-corrected chi connectivity index (χ2v) is 6.36. The van der Waals surface area contributed by atoms with Crippen molar-refractivity contribution < 1.29 is 19.7 Å². The minimum Gasteiger partial charge on any atom is -0.461 e. The van der Waals surface area contributed by atoms with Crippen LogP contribution in [0.1, 0.15) is 26.7 Å². The summed E-state index contributed by atoms with van der Waals surface area (Å²) in [5, 5.41) is 21.4. The van der Waals surface area contributed by atoms with Gasteiger partial charge in [0.2, 0.25) is 0 Å². The molecule has 3 aliphatic rings. The quantitative estimate of drug-likeness (QED) is 0.509. The standard InChI is InChI=1S/C15H20O4/c1-8-4-5-10-9(2)13(16)19-11(10)12-14(3,17)6-7-15(8,12)18/h6-7,9-12,17-18H,1,4-5H2,2-3H3. The Morgan fingerprint density at radius 2 is 2.11 bits per heavy atom. The molecule has 4 heteroatoms. The Morgan fingerprint density at radius 1 is 1.42 bits per heavy atom. The summed E-state index contributed by atoms with van der Waals surface area (Å²) in [5.41, 5.74) is -1.76. The third-order valence-corrected chi connectivity index (χ3v) is 5.14. The lowest BCUT2D eigenvalue weighted by molar-refractivity contribution is -0.153. The summed E-state index contributed by atoms with van der Waals surface area (Å²) < 4.78 is 5.48. The van der Waals surface area contributed by atoms with E-state index in [-0.39, 0.29) is 17.8 Å². The topological polar surface area (TPSA) is 66.8 Å². The van der Waals surface area contributed by atoms with Crippen molar-refractivity contribution in [2.24, 2.45) is 17.8 Å². The van der Waals surface area contributed by atoms with E-state index in [1.165, 1.54) is 0 Å². The largest absolute Gasteiger partial charge is 0.461 e. The van der Waals surface area contributed by atoms with Crippen molar-refractivity contribution in [3.8, 4) is 0 Å². The van der Waals surface area contributed by atoms with Crippen LogP contribution in [0.2, 0.25) is 0 Å². The van der Waals surface area contributed by atoms with E-state index in [1.807, 2.05) is 6.92 Å². The van der Waals surface area contributed by atoms with Gasteiger partial charge < -0.3 is 14.9 Å². The van der Waals surface area contributed by atoms with Crippen molar-refractivity contribution >= 4 is 5.97 Å². The van der Waals surface area contributed by atoms with E-state index in [0.717, 1.165) is 6.42 Å². The molecule has 0 aromatic rings. The van der Waals surface area contributed by atoms with Crippen molar-refractivity contribution in [2.75, 3.05) is 0 Å². The highest BCUT2D eigenvalue weighted by Crippen LogP contribution is 2.53. The van der Waals surface area contributed by atoms with Gasteiger partial charge in [-0.25, -0.2) is 0 Å². The molecular weight excluding hydrogens is 244 g/mol. The zero-order valence-electron chi connectivity index (χ0n) is 11.3. The summed E-state index contributed by atoms with van der Waals surface area (Å²) in [6.45, 7) is 7.48. The number of esters is 1. The van der Waals surface area contributed by atoms with Crippen LogP contribution in [0.5, 0.6) is 0 Å². The number of carbonyl (C=O) groups excluding carboxylic acids is 1. The third kappa shape index (κ3) is 1.56. The molecule has 2 aliphatic carbocycles. The molecule has 19 heavy (non-hydrogen) atoms. The molecule has 0 spiro atoms. The predicted molar refractivity (Wildman–Crippen MR) is 69.1 cm³/mol. The number of ether oxygens (including phenoxy) is 1. The van der Waals surface area contributed by atoms with Crippen LogP contribution in [0, 0.1) is 17.8 Å². The van der Waals surface area contributed by atoms with Gasteiger partial charge in [0.15, 0.2) is 0 Å². The summed E-state index contributed by atoms with van der Waals surface area (Å²) >= 11 is 0. The number of aliphatic hydroxyl groups is 2. The Kier molecular flexibility index (Phi) is 2.51. The maximum atomic E-state index is 11.8. The van der Waals surface area contributed by atoms with Gasteiger partial charge >= 0.3 is 5.97 Å². The first-order valence-corrected chi connectivity index (χ1v) is 6.81. The van der Waals surface area contributed by atoms with Crippen molar-refractivity contribution in [3.05, 3.63) is 24.3 Å².